The zero-order valence-electron chi connectivity index (χ0n) is 20.2. The van der Waals surface area contributed by atoms with Gasteiger partial charge in [-0.05, 0) is 55.7 Å². The van der Waals surface area contributed by atoms with Crippen molar-refractivity contribution in [3.8, 4) is 5.75 Å². The number of hydrogen-bond acceptors (Lipinski definition) is 3. The van der Waals surface area contributed by atoms with Gasteiger partial charge in [-0.25, -0.2) is 4.79 Å². The Morgan fingerprint density at radius 3 is 2.38 bits per heavy atom. The van der Waals surface area contributed by atoms with E-state index in [4.69, 9.17) is 9.47 Å². The van der Waals surface area contributed by atoms with Crippen LogP contribution in [0.4, 0.5) is 0 Å². The van der Waals surface area contributed by atoms with Crippen molar-refractivity contribution in [2.75, 3.05) is 6.61 Å². The van der Waals surface area contributed by atoms with Gasteiger partial charge >= 0.3 is 5.97 Å². The molecule has 32 heavy (non-hydrogen) atoms. The number of esters is 1. The highest BCUT2D eigenvalue weighted by molar-refractivity contribution is 5.93. The minimum absolute atomic E-state index is 0.265. The SMILES string of the molecule is CCCCCCOC1(C2CCC(CCCC)CC2)C=CC(C(=O)Oc2ccccc2)=CC1. The van der Waals surface area contributed by atoms with Crippen LogP contribution in [0.25, 0.3) is 0 Å². The molecule has 0 bridgehead atoms. The first-order chi connectivity index (χ1) is 15.7. The highest BCUT2D eigenvalue weighted by atomic mass is 16.5. The lowest BCUT2D eigenvalue weighted by Crippen LogP contribution is -2.42. The predicted molar refractivity (Wildman–Crippen MR) is 132 cm³/mol. The standard InChI is InChI=1S/C29H42O3/c1-3-5-7-11-23-31-29(26-17-15-24(16-18-26)12-6-4-2)21-19-25(20-22-29)28(30)32-27-13-9-8-10-14-27/h8-10,13-14,19-21,24,26H,3-7,11-12,15-18,22-23H2,1-2H3. The summed E-state index contributed by atoms with van der Waals surface area (Å²) in [4.78, 5) is 12.6. The molecule has 0 aliphatic heterocycles. The molecule has 0 N–H and O–H groups in total. The van der Waals surface area contributed by atoms with Gasteiger partial charge in [0.05, 0.1) is 11.2 Å². The number of benzene rings is 1. The normalized spacial score (nSPS) is 25.4. The van der Waals surface area contributed by atoms with Gasteiger partial charge in [-0.15, -0.1) is 0 Å². The fourth-order valence-corrected chi connectivity index (χ4v) is 5.19. The van der Waals surface area contributed by atoms with Crippen molar-refractivity contribution in [2.45, 2.75) is 96.5 Å². The molecule has 176 valence electrons. The zero-order chi connectivity index (χ0) is 22.7. The lowest BCUT2D eigenvalue weighted by atomic mass is 9.70. The number of ether oxygens (including phenoxy) is 2. The summed E-state index contributed by atoms with van der Waals surface area (Å²) >= 11 is 0. The van der Waals surface area contributed by atoms with Gasteiger partial charge in [-0.1, -0.05) is 95.6 Å². The van der Waals surface area contributed by atoms with Crippen LogP contribution in [0.3, 0.4) is 0 Å². The van der Waals surface area contributed by atoms with E-state index in [1.807, 2.05) is 42.5 Å². The van der Waals surface area contributed by atoms with Crippen molar-refractivity contribution < 1.29 is 14.3 Å². The molecule has 0 saturated heterocycles. The molecule has 0 aromatic heterocycles. The van der Waals surface area contributed by atoms with E-state index in [0.717, 1.165) is 25.4 Å². The number of para-hydroxylation sites is 1. The second kappa shape index (κ2) is 13.0. The third kappa shape index (κ3) is 7.07. The Balaban J connectivity index is 1.62. The first-order valence-electron chi connectivity index (χ1n) is 13.0. The lowest BCUT2D eigenvalue weighted by Gasteiger charge is -2.43. The quantitative estimate of drug-likeness (QED) is 0.190. The highest BCUT2D eigenvalue weighted by Crippen LogP contribution is 2.43. The van der Waals surface area contributed by atoms with Crippen LogP contribution >= 0.6 is 0 Å². The van der Waals surface area contributed by atoms with E-state index >= 15 is 0 Å². The third-order valence-electron chi connectivity index (χ3n) is 7.25. The van der Waals surface area contributed by atoms with Crippen molar-refractivity contribution in [1.29, 1.82) is 0 Å². The molecule has 1 aromatic carbocycles. The summed E-state index contributed by atoms with van der Waals surface area (Å²) < 4.78 is 12.2. The fraction of sp³-hybridized carbons (Fsp3) is 0.621. The molecule has 0 amide bonds. The third-order valence-corrected chi connectivity index (χ3v) is 7.25. The number of carbonyl (C=O) groups excluding carboxylic acids is 1. The largest absolute Gasteiger partial charge is 0.423 e. The van der Waals surface area contributed by atoms with Crippen LogP contribution in [-0.4, -0.2) is 18.2 Å². The van der Waals surface area contributed by atoms with Crippen LogP contribution in [0, 0.1) is 11.8 Å². The Labute approximate surface area is 195 Å². The van der Waals surface area contributed by atoms with Crippen LogP contribution in [0.1, 0.15) is 90.9 Å². The van der Waals surface area contributed by atoms with E-state index in [1.165, 1.54) is 64.2 Å². The molecule has 2 aliphatic carbocycles. The van der Waals surface area contributed by atoms with E-state index in [1.54, 1.807) is 0 Å². The topological polar surface area (TPSA) is 35.5 Å². The molecular weight excluding hydrogens is 396 g/mol. The minimum Gasteiger partial charge on any atom is -0.423 e. The molecule has 0 spiro atoms. The first kappa shape index (κ1) is 24.8. The van der Waals surface area contributed by atoms with Gasteiger partial charge in [-0.2, -0.15) is 0 Å². The lowest BCUT2D eigenvalue weighted by molar-refractivity contribution is -0.129. The van der Waals surface area contributed by atoms with E-state index in [0.29, 0.717) is 17.2 Å². The van der Waals surface area contributed by atoms with Crippen molar-refractivity contribution in [3.05, 3.63) is 54.1 Å². The van der Waals surface area contributed by atoms with Gasteiger partial charge in [0.1, 0.15) is 5.75 Å². The maximum absolute atomic E-state index is 12.6. The Hall–Kier alpha value is -1.87. The van der Waals surface area contributed by atoms with Crippen molar-refractivity contribution >= 4 is 5.97 Å². The zero-order valence-corrected chi connectivity index (χ0v) is 20.2. The van der Waals surface area contributed by atoms with E-state index < -0.39 is 0 Å². The Morgan fingerprint density at radius 2 is 1.72 bits per heavy atom. The van der Waals surface area contributed by atoms with Crippen LogP contribution in [-0.2, 0) is 9.53 Å². The summed E-state index contributed by atoms with van der Waals surface area (Å²) in [5.41, 5.74) is 0.369. The second-order valence-electron chi connectivity index (χ2n) is 9.62. The number of rotatable bonds is 12. The smallest absolute Gasteiger partial charge is 0.343 e. The summed E-state index contributed by atoms with van der Waals surface area (Å²) in [5.74, 6) is 1.71. The maximum atomic E-state index is 12.6. The number of carbonyl (C=O) groups is 1. The summed E-state index contributed by atoms with van der Waals surface area (Å²) in [6.45, 7) is 5.33. The molecule has 1 aromatic rings. The van der Waals surface area contributed by atoms with Crippen LogP contribution in [0.5, 0.6) is 5.75 Å². The minimum atomic E-state index is -0.285. The molecule has 1 saturated carbocycles. The van der Waals surface area contributed by atoms with Crippen molar-refractivity contribution in [1.82, 2.24) is 0 Å². The van der Waals surface area contributed by atoms with Gasteiger partial charge in [0.2, 0.25) is 0 Å². The highest BCUT2D eigenvalue weighted by Gasteiger charge is 2.40. The molecule has 3 heteroatoms. The Bertz CT molecular complexity index is 743. The summed E-state index contributed by atoms with van der Waals surface area (Å²) in [6.07, 6.45) is 20.9. The van der Waals surface area contributed by atoms with Crippen molar-refractivity contribution in [2.24, 2.45) is 11.8 Å². The van der Waals surface area contributed by atoms with Crippen LogP contribution in [0.2, 0.25) is 0 Å². The van der Waals surface area contributed by atoms with E-state index in [9.17, 15) is 4.79 Å². The molecular formula is C29H42O3. The summed E-state index contributed by atoms with van der Waals surface area (Å²) in [6, 6.07) is 9.29. The molecule has 1 atom stereocenters. The fourth-order valence-electron chi connectivity index (χ4n) is 5.19. The Kier molecular flexibility index (Phi) is 10.1. The van der Waals surface area contributed by atoms with Crippen LogP contribution in [0.15, 0.2) is 54.1 Å². The van der Waals surface area contributed by atoms with Gasteiger partial charge in [-0.3, -0.25) is 0 Å². The number of unbranched alkanes of at least 4 members (excludes halogenated alkanes) is 4. The van der Waals surface area contributed by atoms with Gasteiger partial charge < -0.3 is 9.47 Å². The molecule has 2 aliphatic rings. The average molecular weight is 439 g/mol. The number of hydrogen-bond donors (Lipinski definition) is 0. The van der Waals surface area contributed by atoms with Crippen LogP contribution < -0.4 is 4.74 Å². The molecule has 1 unspecified atom stereocenters. The molecule has 0 heterocycles. The van der Waals surface area contributed by atoms with Gasteiger partial charge in [0.15, 0.2) is 0 Å². The molecule has 3 nitrogen and oxygen atoms in total. The summed E-state index contributed by atoms with van der Waals surface area (Å²) in [7, 11) is 0. The average Bonchev–Trinajstić information content (AvgIpc) is 2.84. The first-order valence-corrected chi connectivity index (χ1v) is 13.0. The summed E-state index contributed by atoms with van der Waals surface area (Å²) in [5, 5.41) is 0. The molecule has 0 radical (unpaired) electrons. The van der Waals surface area contributed by atoms with Gasteiger partial charge in [0.25, 0.3) is 0 Å². The maximum Gasteiger partial charge on any atom is 0.343 e. The predicted octanol–water partition coefficient (Wildman–Crippen LogP) is 7.81. The molecule has 1 fully saturated rings. The van der Waals surface area contributed by atoms with Crippen molar-refractivity contribution in [3.63, 3.8) is 0 Å². The van der Waals surface area contributed by atoms with Gasteiger partial charge in [0, 0.05) is 6.61 Å². The monoisotopic (exact) mass is 438 g/mol. The van der Waals surface area contributed by atoms with E-state index in [-0.39, 0.29) is 11.6 Å². The van der Waals surface area contributed by atoms with E-state index in [2.05, 4.69) is 19.9 Å². The Morgan fingerprint density at radius 1 is 0.969 bits per heavy atom. The second-order valence-corrected chi connectivity index (χ2v) is 9.62. The molecule has 3 rings (SSSR count).